The third-order valence-corrected chi connectivity index (χ3v) is 8.52. The van der Waals surface area contributed by atoms with Crippen LogP contribution in [-0.4, -0.2) is 33.6 Å². The Hall–Kier alpha value is -3.31. The Balaban J connectivity index is 1.46. The summed E-state index contributed by atoms with van der Waals surface area (Å²) >= 11 is 14.8. The molecule has 0 aliphatic carbocycles. The van der Waals surface area contributed by atoms with Gasteiger partial charge in [-0.2, -0.15) is 0 Å². The molecule has 0 saturated carbocycles. The number of ether oxygens (including phenoxy) is 1. The molecule has 8 nitrogen and oxygen atoms in total. The van der Waals surface area contributed by atoms with Crippen LogP contribution in [0.4, 0.5) is 5.13 Å². The molecule has 1 amide bonds. The summed E-state index contributed by atoms with van der Waals surface area (Å²) in [6.45, 7) is 2.56. The number of hydrogen-bond donors (Lipinski definition) is 1. The Morgan fingerprint density at radius 2 is 1.95 bits per heavy atom. The Labute approximate surface area is 242 Å². The van der Waals surface area contributed by atoms with Crippen molar-refractivity contribution >= 4 is 68.9 Å². The van der Waals surface area contributed by atoms with Gasteiger partial charge in [0.15, 0.2) is 4.34 Å². The first-order valence-electron chi connectivity index (χ1n) is 11.8. The number of amides is 1. The highest BCUT2D eigenvalue weighted by Crippen LogP contribution is 2.44. The summed E-state index contributed by atoms with van der Waals surface area (Å²) in [4.78, 5) is 27.7. The lowest BCUT2D eigenvalue weighted by Gasteiger charge is -2.20. The van der Waals surface area contributed by atoms with Crippen molar-refractivity contribution in [2.45, 2.75) is 29.5 Å². The second kappa shape index (κ2) is 11.8. The first-order valence-corrected chi connectivity index (χ1v) is 14.4. The molecule has 0 bridgehead atoms. The van der Waals surface area contributed by atoms with Crippen LogP contribution in [0.1, 0.15) is 36.3 Å². The van der Waals surface area contributed by atoms with Crippen LogP contribution in [0.25, 0.3) is 5.76 Å². The van der Waals surface area contributed by atoms with Crippen molar-refractivity contribution in [3.8, 4) is 5.75 Å². The molecular weight excluding hydrogens is 581 g/mol. The number of hydrogen-bond acceptors (Lipinski definition) is 9. The predicted octanol–water partition coefficient (Wildman–Crippen LogP) is 7.15. The fourth-order valence-electron chi connectivity index (χ4n) is 3.97. The predicted molar refractivity (Wildman–Crippen MR) is 152 cm³/mol. The number of rotatable bonds is 9. The number of anilines is 1. The second-order valence-electron chi connectivity index (χ2n) is 8.43. The van der Waals surface area contributed by atoms with E-state index in [1.54, 1.807) is 48.5 Å². The Bertz CT molecular complexity index is 1540. The molecule has 1 aliphatic rings. The molecule has 1 atom stereocenters. The number of aliphatic hydroxyl groups is 1. The van der Waals surface area contributed by atoms with Crippen LogP contribution in [0.5, 0.6) is 5.75 Å². The van der Waals surface area contributed by atoms with Crippen molar-refractivity contribution < 1.29 is 23.8 Å². The number of thioether (sulfide) groups is 1. The smallest absolute Gasteiger partial charge is 0.302 e. The minimum Gasteiger partial charge on any atom is -0.507 e. The molecule has 12 heteroatoms. The molecule has 1 N–H and O–H groups in total. The number of Topliss-reactive ketones (excluding diaryl/α,β-unsaturated/α-hetero) is 1. The van der Waals surface area contributed by atoms with Crippen LogP contribution >= 0.6 is 46.3 Å². The van der Waals surface area contributed by atoms with Gasteiger partial charge in [-0.1, -0.05) is 59.3 Å². The molecule has 1 unspecified atom stereocenters. The molecule has 5 rings (SSSR count). The first-order chi connectivity index (χ1) is 18.9. The SMILES string of the molecule is CCCOc1ccc(/C(O)=C2/C(=O)C(=O)N(c3nnc(SCc4ccc(Cl)cc4Cl)s3)C2c2ccco2)cc1. The normalized spacial score (nSPS) is 16.7. The molecule has 4 aromatic rings. The van der Waals surface area contributed by atoms with Gasteiger partial charge in [0.05, 0.1) is 18.4 Å². The highest BCUT2D eigenvalue weighted by atomic mass is 35.5. The standard InChI is InChI=1S/C27H21Cl2N3O5S2/c1-2-11-36-18-9-6-15(7-10-18)23(33)21-22(20-4-3-12-37-20)32(25(35)24(21)34)26-30-31-27(39-26)38-14-16-5-8-17(28)13-19(16)29/h3-10,12-13,22,33H,2,11,14H2,1H3/b23-21-. The minimum atomic E-state index is -1.02. The Kier molecular flexibility index (Phi) is 8.27. The average Bonchev–Trinajstić information content (AvgIpc) is 3.68. The molecule has 0 spiro atoms. The van der Waals surface area contributed by atoms with Gasteiger partial charge in [0, 0.05) is 21.4 Å². The molecule has 2 aromatic heterocycles. The summed E-state index contributed by atoms with van der Waals surface area (Å²) in [5.74, 6) is -0.572. The van der Waals surface area contributed by atoms with Gasteiger partial charge in [-0.3, -0.25) is 14.5 Å². The van der Waals surface area contributed by atoms with Crippen molar-refractivity contribution in [3.05, 3.63) is 93.4 Å². The first kappa shape index (κ1) is 27.3. The number of halogens is 2. The van der Waals surface area contributed by atoms with E-state index in [4.69, 9.17) is 32.4 Å². The summed E-state index contributed by atoms with van der Waals surface area (Å²) in [6.07, 6.45) is 2.29. The maximum Gasteiger partial charge on any atom is 0.302 e. The van der Waals surface area contributed by atoms with Crippen molar-refractivity contribution in [2.75, 3.05) is 11.5 Å². The van der Waals surface area contributed by atoms with E-state index in [9.17, 15) is 14.7 Å². The van der Waals surface area contributed by atoms with Gasteiger partial charge in [0.25, 0.3) is 5.78 Å². The molecule has 1 aliphatic heterocycles. The van der Waals surface area contributed by atoms with Gasteiger partial charge in [0.2, 0.25) is 5.13 Å². The lowest BCUT2D eigenvalue weighted by Crippen LogP contribution is -2.29. The fraction of sp³-hybridized carbons (Fsp3) is 0.185. The number of benzene rings is 2. The van der Waals surface area contributed by atoms with Crippen LogP contribution in [0.3, 0.4) is 0 Å². The lowest BCUT2D eigenvalue weighted by molar-refractivity contribution is -0.132. The van der Waals surface area contributed by atoms with Crippen LogP contribution in [0.2, 0.25) is 10.0 Å². The van der Waals surface area contributed by atoms with Gasteiger partial charge < -0.3 is 14.3 Å². The average molecular weight is 603 g/mol. The molecule has 2 aromatic carbocycles. The number of aliphatic hydroxyl groups excluding tert-OH is 1. The molecular formula is C27H21Cl2N3O5S2. The zero-order valence-electron chi connectivity index (χ0n) is 20.5. The summed E-state index contributed by atoms with van der Waals surface area (Å²) in [5, 5.41) is 20.9. The number of carbonyl (C=O) groups excluding carboxylic acids is 2. The summed E-state index contributed by atoms with van der Waals surface area (Å²) < 4.78 is 11.8. The monoisotopic (exact) mass is 601 g/mol. The highest BCUT2D eigenvalue weighted by Gasteiger charge is 2.49. The zero-order chi connectivity index (χ0) is 27.5. The number of nitrogens with zero attached hydrogens (tertiary/aromatic N) is 3. The van der Waals surface area contributed by atoms with Gasteiger partial charge >= 0.3 is 5.91 Å². The van der Waals surface area contributed by atoms with E-state index in [0.717, 1.165) is 23.3 Å². The summed E-state index contributed by atoms with van der Waals surface area (Å²) in [7, 11) is 0. The minimum absolute atomic E-state index is 0.102. The van der Waals surface area contributed by atoms with E-state index in [1.807, 2.05) is 13.0 Å². The lowest BCUT2D eigenvalue weighted by atomic mass is 9.99. The third-order valence-electron chi connectivity index (χ3n) is 5.83. The van der Waals surface area contributed by atoms with Gasteiger partial charge in [0.1, 0.15) is 23.3 Å². The molecule has 200 valence electrons. The van der Waals surface area contributed by atoms with Crippen LogP contribution in [-0.2, 0) is 15.3 Å². The number of furan rings is 1. The Morgan fingerprint density at radius 1 is 1.15 bits per heavy atom. The number of ketones is 1. The van der Waals surface area contributed by atoms with Crippen molar-refractivity contribution in [2.24, 2.45) is 0 Å². The van der Waals surface area contributed by atoms with Crippen LogP contribution < -0.4 is 9.64 Å². The molecule has 1 saturated heterocycles. The largest absolute Gasteiger partial charge is 0.507 e. The molecule has 3 heterocycles. The quantitative estimate of drug-likeness (QED) is 0.0708. The van der Waals surface area contributed by atoms with Crippen LogP contribution in [0.15, 0.2) is 75.2 Å². The number of carbonyl (C=O) groups is 2. The van der Waals surface area contributed by atoms with E-state index in [1.165, 1.54) is 22.9 Å². The molecule has 1 fully saturated rings. The van der Waals surface area contributed by atoms with Crippen molar-refractivity contribution in [3.63, 3.8) is 0 Å². The van der Waals surface area contributed by atoms with E-state index < -0.39 is 17.7 Å². The summed E-state index contributed by atoms with van der Waals surface area (Å²) in [5.41, 5.74) is 1.13. The second-order valence-corrected chi connectivity index (χ2v) is 11.5. The number of aromatic nitrogens is 2. The zero-order valence-corrected chi connectivity index (χ0v) is 23.6. The van der Waals surface area contributed by atoms with Gasteiger partial charge in [-0.25, -0.2) is 0 Å². The van der Waals surface area contributed by atoms with Crippen molar-refractivity contribution in [1.29, 1.82) is 0 Å². The van der Waals surface area contributed by atoms with Crippen LogP contribution in [0, 0.1) is 0 Å². The van der Waals surface area contributed by atoms with E-state index in [0.29, 0.717) is 43.8 Å². The summed E-state index contributed by atoms with van der Waals surface area (Å²) in [6, 6.07) is 14.2. The van der Waals surface area contributed by atoms with Gasteiger partial charge in [-0.15, -0.1) is 10.2 Å². The fourth-order valence-corrected chi connectivity index (χ4v) is 6.39. The van der Waals surface area contributed by atoms with Gasteiger partial charge in [-0.05, 0) is 60.5 Å². The van der Waals surface area contributed by atoms with Crippen molar-refractivity contribution in [1.82, 2.24) is 10.2 Å². The molecule has 0 radical (unpaired) electrons. The Morgan fingerprint density at radius 3 is 2.64 bits per heavy atom. The molecule has 39 heavy (non-hydrogen) atoms. The van der Waals surface area contributed by atoms with E-state index >= 15 is 0 Å². The van der Waals surface area contributed by atoms with E-state index in [-0.39, 0.29) is 16.5 Å². The highest BCUT2D eigenvalue weighted by molar-refractivity contribution is 8.00. The third kappa shape index (κ3) is 5.69. The topological polar surface area (TPSA) is 106 Å². The van der Waals surface area contributed by atoms with E-state index in [2.05, 4.69) is 10.2 Å². The maximum atomic E-state index is 13.3. The maximum absolute atomic E-state index is 13.3.